The number of methoxy groups -OCH3 is 1. The number of rotatable bonds is 6. The Morgan fingerprint density at radius 2 is 2.33 bits per heavy atom. The molecule has 2 rings (SSSR count). The standard InChI is InChI=1S/C11H15N3O4/c1-18-10-5-4-9(14(16)17)11(12-10)13(6-7-15)8-2-3-8/h4-5,8,15H,2-3,6-7H2,1H3. The summed E-state index contributed by atoms with van der Waals surface area (Å²) in [6, 6.07) is 3.08. The van der Waals surface area contributed by atoms with Gasteiger partial charge in [-0.05, 0) is 12.8 Å². The van der Waals surface area contributed by atoms with Crippen molar-refractivity contribution >= 4 is 11.5 Å². The number of hydrogen-bond donors (Lipinski definition) is 1. The average molecular weight is 253 g/mol. The van der Waals surface area contributed by atoms with Crippen LogP contribution in [0.5, 0.6) is 5.88 Å². The number of hydrogen-bond acceptors (Lipinski definition) is 6. The second-order valence-electron chi connectivity index (χ2n) is 4.10. The third-order valence-electron chi connectivity index (χ3n) is 2.84. The molecular weight excluding hydrogens is 238 g/mol. The molecule has 1 heterocycles. The van der Waals surface area contributed by atoms with Gasteiger partial charge in [0, 0.05) is 24.7 Å². The van der Waals surface area contributed by atoms with Crippen LogP contribution < -0.4 is 9.64 Å². The van der Waals surface area contributed by atoms with Crippen LogP contribution in [0.25, 0.3) is 0 Å². The molecular formula is C11H15N3O4. The largest absolute Gasteiger partial charge is 0.481 e. The van der Waals surface area contributed by atoms with Crippen molar-refractivity contribution in [2.45, 2.75) is 18.9 Å². The highest BCUT2D eigenvalue weighted by atomic mass is 16.6. The molecule has 0 bridgehead atoms. The lowest BCUT2D eigenvalue weighted by atomic mass is 10.3. The zero-order valence-corrected chi connectivity index (χ0v) is 10.1. The van der Waals surface area contributed by atoms with Crippen molar-refractivity contribution in [2.75, 3.05) is 25.2 Å². The van der Waals surface area contributed by atoms with Crippen LogP contribution in [0, 0.1) is 10.1 Å². The van der Waals surface area contributed by atoms with Gasteiger partial charge in [0.15, 0.2) is 0 Å². The predicted octanol–water partition coefficient (Wildman–Crippen LogP) is 0.959. The van der Waals surface area contributed by atoms with Crippen molar-refractivity contribution in [3.05, 3.63) is 22.2 Å². The highest BCUT2D eigenvalue weighted by Crippen LogP contribution is 2.36. The van der Waals surface area contributed by atoms with Crippen LogP contribution in [-0.2, 0) is 0 Å². The first-order chi connectivity index (χ1) is 8.67. The zero-order chi connectivity index (χ0) is 13.1. The fraction of sp³-hybridized carbons (Fsp3) is 0.545. The van der Waals surface area contributed by atoms with Crippen molar-refractivity contribution in [1.82, 2.24) is 4.98 Å². The Kier molecular flexibility index (Phi) is 3.61. The third-order valence-corrected chi connectivity index (χ3v) is 2.84. The first kappa shape index (κ1) is 12.6. The fourth-order valence-corrected chi connectivity index (χ4v) is 1.85. The quantitative estimate of drug-likeness (QED) is 0.600. The van der Waals surface area contributed by atoms with Crippen molar-refractivity contribution in [3.8, 4) is 5.88 Å². The molecule has 1 aliphatic carbocycles. The molecule has 0 aliphatic heterocycles. The molecule has 1 aromatic rings. The highest BCUT2D eigenvalue weighted by Gasteiger charge is 2.34. The van der Waals surface area contributed by atoms with E-state index in [0.717, 1.165) is 12.8 Å². The van der Waals surface area contributed by atoms with E-state index >= 15 is 0 Å². The Morgan fingerprint density at radius 3 is 2.83 bits per heavy atom. The molecule has 0 unspecified atom stereocenters. The molecule has 1 aromatic heterocycles. The Hall–Kier alpha value is -1.89. The maximum Gasteiger partial charge on any atom is 0.311 e. The summed E-state index contributed by atoms with van der Waals surface area (Å²) in [5.74, 6) is 0.607. The SMILES string of the molecule is COc1ccc([N+](=O)[O-])c(N(CCO)C2CC2)n1. The summed E-state index contributed by atoms with van der Waals surface area (Å²) in [6.07, 6.45) is 1.94. The van der Waals surface area contributed by atoms with E-state index in [9.17, 15) is 10.1 Å². The molecule has 1 fully saturated rings. The minimum atomic E-state index is -0.464. The average Bonchev–Trinajstić information content (AvgIpc) is 3.19. The molecule has 7 nitrogen and oxygen atoms in total. The van der Waals surface area contributed by atoms with Crippen LogP contribution in [0.3, 0.4) is 0 Å². The maximum atomic E-state index is 11.0. The van der Waals surface area contributed by atoms with Crippen molar-refractivity contribution in [2.24, 2.45) is 0 Å². The smallest absolute Gasteiger partial charge is 0.311 e. The van der Waals surface area contributed by atoms with E-state index in [4.69, 9.17) is 9.84 Å². The minimum Gasteiger partial charge on any atom is -0.481 e. The van der Waals surface area contributed by atoms with Gasteiger partial charge in [-0.2, -0.15) is 4.98 Å². The highest BCUT2D eigenvalue weighted by molar-refractivity contribution is 5.60. The Bertz CT molecular complexity index is 448. The van der Waals surface area contributed by atoms with Crippen molar-refractivity contribution in [1.29, 1.82) is 0 Å². The number of anilines is 1. The maximum absolute atomic E-state index is 11.0. The molecule has 0 radical (unpaired) electrons. The van der Waals surface area contributed by atoms with Gasteiger partial charge in [-0.25, -0.2) is 0 Å². The summed E-state index contributed by atoms with van der Waals surface area (Å²) in [6.45, 7) is 0.276. The summed E-state index contributed by atoms with van der Waals surface area (Å²) in [5.41, 5.74) is -0.0591. The number of aliphatic hydroxyl groups excluding tert-OH is 1. The number of aromatic nitrogens is 1. The van der Waals surface area contributed by atoms with Crippen LogP contribution in [0.1, 0.15) is 12.8 Å². The predicted molar refractivity (Wildman–Crippen MR) is 64.9 cm³/mol. The fourth-order valence-electron chi connectivity index (χ4n) is 1.85. The van der Waals surface area contributed by atoms with Gasteiger partial charge in [0.1, 0.15) is 0 Å². The number of ether oxygens (including phenoxy) is 1. The lowest BCUT2D eigenvalue weighted by molar-refractivity contribution is -0.384. The number of aliphatic hydroxyl groups is 1. The van der Waals surface area contributed by atoms with E-state index in [1.807, 2.05) is 0 Å². The van der Waals surface area contributed by atoms with E-state index in [2.05, 4.69) is 4.98 Å². The minimum absolute atomic E-state index is 0.0591. The van der Waals surface area contributed by atoms with Gasteiger partial charge < -0.3 is 14.7 Å². The second kappa shape index (κ2) is 5.18. The van der Waals surface area contributed by atoms with Gasteiger partial charge in [-0.1, -0.05) is 0 Å². The summed E-state index contributed by atoms with van der Waals surface area (Å²) in [4.78, 5) is 16.5. The molecule has 18 heavy (non-hydrogen) atoms. The molecule has 1 saturated carbocycles. The molecule has 1 aliphatic rings. The molecule has 0 amide bonds. The lowest BCUT2D eigenvalue weighted by Crippen LogP contribution is -2.30. The van der Waals surface area contributed by atoms with E-state index in [-0.39, 0.29) is 24.2 Å². The van der Waals surface area contributed by atoms with E-state index in [1.54, 1.807) is 4.90 Å². The van der Waals surface area contributed by atoms with Crippen LogP contribution >= 0.6 is 0 Å². The Morgan fingerprint density at radius 1 is 1.61 bits per heavy atom. The van der Waals surface area contributed by atoms with Crippen molar-refractivity contribution in [3.63, 3.8) is 0 Å². The molecule has 98 valence electrons. The van der Waals surface area contributed by atoms with Gasteiger partial charge in [0.25, 0.3) is 0 Å². The Balaban J connectivity index is 2.40. The number of pyridine rings is 1. The van der Waals surface area contributed by atoms with E-state index in [1.165, 1.54) is 19.2 Å². The molecule has 7 heteroatoms. The second-order valence-corrected chi connectivity index (χ2v) is 4.10. The van der Waals surface area contributed by atoms with Crippen LogP contribution in [0.15, 0.2) is 12.1 Å². The monoisotopic (exact) mass is 253 g/mol. The van der Waals surface area contributed by atoms with Crippen LogP contribution in [-0.4, -0.2) is 41.3 Å². The first-order valence-corrected chi connectivity index (χ1v) is 5.74. The van der Waals surface area contributed by atoms with Crippen LogP contribution in [0.4, 0.5) is 11.5 Å². The molecule has 0 saturated heterocycles. The molecule has 0 atom stereocenters. The lowest BCUT2D eigenvalue weighted by Gasteiger charge is -2.22. The van der Waals surface area contributed by atoms with Gasteiger partial charge in [-0.3, -0.25) is 10.1 Å². The van der Waals surface area contributed by atoms with Crippen LogP contribution in [0.2, 0.25) is 0 Å². The number of nitrogens with zero attached hydrogens (tertiary/aromatic N) is 3. The van der Waals surface area contributed by atoms with E-state index in [0.29, 0.717) is 12.4 Å². The van der Waals surface area contributed by atoms with Gasteiger partial charge in [-0.15, -0.1) is 0 Å². The van der Waals surface area contributed by atoms with Gasteiger partial charge in [0.2, 0.25) is 11.7 Å². The summed E-state index contributed by atoms with van der Waals surface area (Å²) >= 11 is 0. The first-order valence-electron chi connectivity index (χ1n) is 5.74. The molecule has 0 spiro atoms. The van der Waals surface area contributed by atoms with Gasteiger partial charge >= 0.3 is 5.69 Å². The summed E-state index contributed by atoms with van der Waals surface area (Å²) in [5, 5.41) is 20.1. The summed E-state index contributed by atoms with van der Waals surface area (Å²) < 4.78 is 5.00. The Labute approximate surface area is 104 Å². The summed E-state index contributed by atoms with van der Waals surface area (Å²) in [7, 11) is 1.46. The number of nitro groups is 1. The zero-order valence-electron chi connectivity index (χ0n) is 10.1. The van der Waals surface area contributed by atoms with Gasteiger partial charge in [0.05, 0.1) is 18.6 Å². The molecule has 1 N–H and O–H groups in total. The van der Waals surface area contributed by atoms with Crippen molar-refractivity contribution < 1.29 is 14.8 Å². The normalized spacial score (nSPS) is 14.3. The third kappa shape index (κ3) is 2.51. The van der Waals surface area contributed by atoms with E-state index < -0.39 is 4.92 Å². The molecule has 0 aromatic carbocycles. The topological polar surface area (TPSA) is 88.7 Å².